The van der Waals surface area contributed by atoms with Crippen LogP contribution < -0.4 is 5.32 Å². The number of furan rings is 1. The Morgan fingerprint density at radius 2 is 2.04 bits per heavy atom. The largest absolute Gasteiger partial charge is 0.438 e. The van der Waals surface area contributed by atoms with Crippen LogP contribution in [0.1, 0.15) is 10.6 Å². The number of imidazole rings is 1. The van der Waals surface area contributed by atoms with Gasteiger partial charge in [-0.15, -0.1) is 0 Å². The van der Waals surface area contributed by atoms with Crippen LogP contribution in [0.4, 0.5) is 10.1 Å². The predicted octanol–water partition coefficient (Wildman–Crippen LogP) is 2.11. The molecule has 0 fully saturated rings. The first-order valence-electron chi connectivity index (χ1n) is 7.40. The molecule has 3 rings (SSSR count). The van der Waals surface area contributed by atoms with Crippen LogP contribution in [0.3, 0.4) is 0 Å². The van der Waals surface area contributed by atoms with Gasteiger partial charge in [0.2, 0.25) is 5.09 Å². The van der Waals surface area contributed by atoms with Gasteiger partial charge in [-0.05, 0) is 30.3 Å². The molecule has 0 unspecified atom stereocenters. The van der Waals surface area contributed by atoms with E-state index in [0.717, 1.165) is 10.4 Å². The number of hydrogen-bond donors (Lipinski definition) is 1. The zero-order chi connectivity index (χ0) is 18.9. The van der Waals surface area contributed by atoms with Crippen LogP contribution in [-0.2, 0) is 10.0 Å². The van der Waals surface area contributed by atoms with E-state index in [4.69, 9.17) is 4.42 Å². The number of hydrogen-bond acceptors (Lipinski definition) is 5. The summed E-state index contributed by atoms with van der Waals surface area (Å²) in [6.45, 7) is 0. The summed E-state index contributed by atoms with van der Waals surface area (Å²) >= 11 is 0. The molecule has 0 saturated heterocycles. The van der Waals surface area contributed by atoms with Crippen molar-refractivity contribution >= 4 is 21.6 Å². The molecule has 1 aromatic carbocycles. The highest BCUT2D eigenvalue weighted by molar-refractivity contribution is 7.88. The molecule has 0 atom stereocenters. The van der Waals surface area contributed by atoms with Gasteiger partial charge in [-0.25, -0.2) is 22.1 Å². The number of halogens is 1. The van der Waals surface area contributed by atoms with Crippen molar-refractivity contribution in [1.29, 1.82) is 0 Å². The first kappa shape index (κ1) is 17.8. The first-order valence-corrected chi connectivity index (χ1v) is 8.84. The Morgan fingerprint density at radius 3 is 2.65 bits per heavy atom. The van der Waals surface area contributed by atoms with Crippen molar-refractivity contribution in [3.05, 3.63) is 60.6 Å². The van der Waals surface area contributed by atoms with Gasteiger partial charge >= 0.3 is 0 Å². The van der Waals surface area contributed by atoms with Crippen molar-refractivity contribution in [1.82, 2.24) is 13.9 Å². The van der Waals surface area contributed by atoms with Gasteiger partial charge in [0.05, 0.1) is 12.0 Å². The van der Waals surface area contributed by atoms with Crippen molar-refractivity contribution < 1.29 is 22.0 Å². The fourth-order valence-corrected chi connectivity index (χ4v) is 2.94. The Morgan fingerprint density at radius 1 is 1.27 bits per heavy atom. The molecule has 26 heavy (non-hydrogen) atoms. The molecule has 0 aliphatic heterocycles. The second-order valence-electron chi connectivity index (χ2n) is 5.50. The van der Waals surface area contributed by atoms with Crippen molar-refractivity contribution in [3.63, 3.8) is 0 Å². The van der Waals surface area contributed by atoms with Crippen LogP contribution in [0, 0.1) is 5.82 Å². The molecular formula is C16H15FN4O4S. The molecule has 0 saturated carbocycles. The van der Waals surface area contributed by atoms with Crippen LogP contribution in [0.2, 0.25) is 0 Å². The summed E-state index contributed by atoms with van der Waals surface area (Å²) < 4.78 is 45.7. The number of carbonyl (C=O) groups excluding carboxylic acids is 1. The molecule has 0 spiro atoms. The summed E-state index contributed by atoms with van der Waals surface area (Å²) in [5.41, 5.74) is 0.475. The molecule has 2 heterocycles. The number of anilines is 1. The Balaban J connectivity index is 1.79. The molecule has 2 aromatic heterocycles. The van der Waals surface area contributed by atoms with E-state index in [1.54, 1.807) is 6.20 Å². The third kappa shape index (κ3) is 3.37. The SMILES string of the molecule is CN(C)S(=O)(=O)c1ccc(C(=O)Nc2ccc(-n3ccnc3)c(F)c2)o1. The maximum absolute atomic E-state index is 14.2. The Kier molecular flexibility index (Phi) is 4.62. The van der Waals surface area contributed by atoms with E-state index in [-0.39, 0.29) is 22.2 Å². The average molecular weight is 378 g/mol. The minimum atomic E-state index is -3.78. The van der Waals surface area contributed by atoms with Crippen molar-refractivity contribution in [2.24, 2.45) is 0 Å². The lowest BCUT2D eigenvalue weighted by Crippen LogP contribution is -2.21. The second kappa shape index (κ2) is 6.73. The number of aromatic nitrogens is 2. The number of nitrogens with one attached hydrogen (secondary N) is 1. The molecule has 1 N–H and O–H groups in total. The average Bonchev–Trinajstić information content (AvgIpc) is 3.27. The summed E-state index contributed by atoms with van der Waals surface area (Å²) in [4.78, 5) is 16.0. The lowest BCUT2D eigenvalue weighted by atomic mass is 10.2. The molecule has 0 radical (unpaired) electrons. The topological polar surface area (TPSA) is 97.4 Å². The number of rotatable bonds is 5. The van der Waals surface area contributed by atoms with E-state index in [0.29, 0.717) is 0 Å². The van der Waals surface area contributed by atoms with Gasteiger partial charge in [-0.1, -0.05) is 0 Å². The smallest absolute Gasteiger partial charge is 0.291 e. The van der Waals surface area contributed by atoms with E-state index in [1.807, 2.05) is 0 Å². The van der Waals surface area contributed by atoms with Crippen molar-refractivity contribution in [3.8, 4) is 5.69 Å². The Hall–Kier alpha value is -2.98. The van der Waals surface area contributed by atoms with Gasteiger partial charge < -0.3 is 14.3 Å². The monoisotopic (exact) mass is 378 g/mol. The Labute approximate surface area is 148 Å². The van der Waals surface area contributed by atoms with Crippen LogP contribution >= 0.6 is 0 Å². The fourth-order valence-electron chi connectivity index (χ4n) is 2.15. The molecule has 3 aromatic rings. The molecule has 0 aliphatic carbocycles. The lowest BCUT2D eigenvalue weighted by molar-refractivity contribution is 0.0991. The van der Waals surface area contributed by atoms with Gasteiger partial charge in [0.25, 0.3) is 15.9 Å². The third-order valence-corrected chi connectivity index (χ3v) is 5.22. The van der Waals surface area contributed by atoms with Gasteiger partial charge in [-0.3, -0.25) is 4.79 Å². The van der Waals surface area contributed by atoms with Crippen LogP contribution in [-0.4, -0.2) is 42.3 Å². The van der Waals surface area contributed by atoms with Gasteiger partial charge in [0.15, 0.2) is 5.76 Å². The Bertz CT molecular complexity index is 1040. The predicted molar refractivity (Wildman–Crippen MR) is 91.1 cm³/mol. The minimum absolute atomic E-state index is 0.199. The fraction of sp³-hybridized carbons (Fsp3) is 0.125. The summed E-state index contributed by atoms with van der Waals surface area (Å²) in [6.07, 6.45) is 4.56. The van der Waals surface area contributed by atoms with Gasteiger partial charge in [-0.2, -0.15) is 0 Å². The maximum Gasteiger partial charge on any atom is 0.291 e. The molecule has 1 amide bonds. The van der Waals surface area contributed by atoms with E-state index >= 15 is 0 Å². The van der Waals surface area contributed by atoms with E-state index in [9.17, 15) is 17.6 Å². The summed E-state index contributed by atoms with van der Waals surface area (Å²) in [5.74, 6) is -1.46. The second-order valence-corrected chi connectivity index (χ2v) is 7.58. The normalized spacial score (nSPS) is 11.7. The molecule has 136 valence electrons. The first-order chi connectivity index (χ1) is 12.3. The van der Waals surface area contributed by atoms with Crippen LogP contribution in [0.5, 0.6) is 0 Å². The van der Waals surface area contributed by atoms with Crippen molar-refractivity contribution in [2.75, 3.05) is 19.4 Å². The van der Waals surface area contributed by atoms with E-state index < -0.39 is 21.7 Å². The molecule has 0 bridgehead atoms. The molecular weight excluding hydrogens is 363 g/mol. The van der Waals surface area contributed by atoms with Gasteiger partial charge in [0, 0.05) is 32.2 Å². The quantitative estimate of drug-likeness (QED) is 0.733. The van der Waals surface area contributed by atoms with E-state index in [2.05, 4.69) is 10.3 Å². The van der Waals surface area contributed by atoms with Gasteiger partial charge in [0.1, 0.15) is 5.82 Å². The molecule has 8 nitrogen and oxygen atoms in total. The number of sulfonamides is 1. The summed E-state index contributed by atoms with van der Waals surface area (Å²) in [5, 5.41) is 2.11. The highest BCUT2D eigenvalue weighted by atomic mass is 32.2. The highest BCUT2D eigenvalue weighted by Crippen LogP contribution is 2.21. The zero-order valence-corrected chi connectivity index (χ0v) is 14.7. The van der Waals surface area contributed by atoms with E-state index in [1.165, 1.54) is 55.5 Å². The van der Waals surface area contributed by atoms with Crippen LogP contribution in [0.25, 0.3) is 5.69 Å². The molecule has 0 aliphatic rings. The molecule has 10 heteroatoms. The van der Waals surface area contributed by atoms with Crippen LogP contribution in [0.15, 0.2) is 58.6 Å². The minimum Gasteiger partial charge on any atom is -0.438 e. The maximum atomic E-state index is 14.2. The number of carbonyl (C=O) groups is 1. The lowest BCUT2D eigenvalue weighted by Gasteiger charge is -2.08. The number of benzene rings is 1. The number of nitrogens with zero attached hydrogens (tertiary/aromatic N) is 3. The highest BCUT2D eigenvalue weighted by Gasteiger charge is 2.23. The zero-order valence-electron chi connectivity index (χ0n) is 13.9. The van der Waals surface area contributed by atoms with Crippen molar-refractivity contribution in [2.45, 2.75) is 5.09 Å². The number of amides is 1. The summed E-state index contributed by atoms with van der Waals surface area (Å²) in [7, 11) is -1.08. The standard InChI is InChI=1S/C16H15FN4O4S/c1-20(2)26(23,24)15-6-5-14(25-15)16(22)19-11-3-4-13(12(17)9-11)21-8-7-18-10-21/h3-10H,1-2H3,(H,19,22). The third-order valence-electron chi connectivity index (χ3n) is 3.53. The summed E-state index contributed by atoms with van der Waals surface area (Å²) in [6, 6.07) is 6.57.